The highest BCUT2D eigenvalue weighted by atomic mass is 16.6. The Morgan fingerprint density at radius 2 is 1.82 bits per heavy atom. The molecule has 1 aliphatic heterocycles. The largest absolute Gasteiger partial charge is 0.482 e. The van der Waals surface area contributed by atoms with Gasteiger partial charge in [0.05, 0.1) is 6.42 Å². The standard InChI is InChI=1S/C16H21NO5/c1-10(2)17(9-8-14(18)19)16(20)15-11(3)21-12-6-4-5-7-13(12)22-15/h4-7,10-11,15H,8-9H2,1-3H3,(H,18,19). The van der Waals surface area contributed by atoms with Crippen LogP contribution in [0.2, 0.25) is 0 Å². The molecule has 1 aromatic carbocycles. The molecule has 22 heavy (non-hydrogen) atoms. The highest BCUT2D eigenvalue weighted by Crippen LogP contribution is 2.34. The number of hydrogen-bond acceptors (Lipinski definition) is 4. The molecule has 1 heterocycles. The predicted molar refractivity (Wildman–Crippen MR) is 80.0 cm³/mol. The number of ether oxygens (including phenoxy) is 2. The van der Waals surface area contributed by atoms with E-state index in [1.54, 1.807) is 19.1 Å². The molecule has 2 atom stereocenters. The first-order valence-electron chi connectivity index (χ1n) is 7.34. The maximum atomic E-state index is 12.7. The van der Waals surface area contributed by atoms with Gasteiger partial charge in [-0.15, -0.1) is 0 Å². The zero-order valence-corrected chi connectivity index (χ0v) is 13.0. The summed E-state index contributed by atoms with van der Waals surface area (Å²) < 4.78 is 11.5. The van der Waals surface area contributed by atoms with Crippen LogP contribution < -0.4 is 9.47 Å². The third-order valence-corrected chi connectivity index (χ3v) is 3.56. The average molecular weight is 307 g/mol. The number of rotatable bonds is 5. The van der Waals surface area contributed by atoms with E-state index in [4.69, 9.17) is 14.6 Å². The Kier molecular flexibility index (Phi) is 4.90. The molecule has 0 fully saturated rings. The Bertz CT molecular complexity index is 557. The first kappa shape index (κ1) is 16.1. The van der Waals surface area contributed by atoms with Crippen LogP contribution in [0.25, 0.3) is 0 Å². The van der Waals surface area contributed by atoms with Gasteiger partial charge in [0.2, 0.25) is 6.10 Å². The number of nitrogens with zero attached hydrogens (tertiary/aromatic N) is 1. The van der Waals surface area contributed by atoms with Gasteiger partial charge in [-0.05, 0) is 32.9 Å². The number of carbonyl (C=O) groups is 2. The van der Waals surface area contributed by atoms with Gasteiger partial charge in [0, 0.05) is 12.6 Å². The second-order valence-corrected chi connectivity index (χ2v) is 5.58. The zero-order valence-electron chi connectivity index (χ0n) is 13.0. The van der Waals surface area contributed by atoms with E-state index in [-0.39, 0.29) is 24.9 Å². The van der Waals surface area contributed by atoms with Crippen molar-refractivity contribution >= 4 is 11.9 Å². The van der Waals surface area contributed by atoms with Crippen LogP contribution in [0.1, 0.15) is 27.2 Å². The van der Waals surface area contributed by atoms with E-state index in [0.29, 0.717) is 11.5 Å². The number of hydrogen-bond donors (Lipinski definition) is 1. The van der Waals surface area contributed by atoms with Gasteiger partial charge in [0.25, 0.3) is 5.91 Å². The number of aliphatic carboxylic acids is 1. The lowest BCUT2D eigenvalue weighted by atomic mass is 10.1. The molecule has 0 saturated carbocycles. The lowest BCUT2D eigenvalue weighted by Gasteiger charge is -2.36. The van der Waals surface area contributed by atoms with Crippen LogP contribution in [0, 0.1) is 0 Å². The van der Waals surface area contributed by atoms with Crippen molar-refractivity contribution in [2.75, 3.05) is 6.54 Å². The van der Waals surface area contributed by atoms with Gasteiger partial charge in [-0.25, -0.2) is 0 Å². The molecule has 0 aliphatic carbocycles. The van der Waals surface area contributed by atoms with Crippen LogP contribution in [0.15, 0.2) is 24.3 Å². The molecule has 0 saturated heterocycles. The van der Waals surface area contributed by atoms with Crippen molar-refractivity contribution in [3.05, 3.63) is 24.3 Å². The van der Waals surface area contributed by atoms with Crippen molar-refractivity contribution in [3.63, 3.8) is 0 Å². The fraction of sp³-hybridized carbons (Fsp3) is 0.500. The van der Waals surface area contributed by atoms with Gasteiger partial charge in [-0.3, -0.25) is 9.59 Å². The summed E-state index contributed by atoms with van der Waals surface area (Å²) in [6.45, 7) is 5.62. The predicted octanol–water partition coefficient (Wildman–Crippen LogP) is 1.93. The van der Waals surface area contributed by atoms with Gasteiger partial charge >= 0.3 is 5.97 Å². The monoisotopic (exact) mass is 307 g/mol. The third kappa shape index (κ3) is 3.50. The van der Waals surface area contributed by atoms with Crippen LogP contribution in [0.5, 0.6) is 11.5 Å². The van der Waals surface area contributed by atoms with Crippen LogP contribution >= 0.6 is 0 Å². The zero-order chi connectivity index (χ0) is 16.3. The number of benzene rings is 1. The second kappa shape index (κ2) is 6.68. The van der Waals surface area contributed by atoms with Crippen LogP contribution in [0.3, 0.4) is 0 Å². The van der Waals surface area contributed by atoms with Crippen molar-refractivity contribution in [2.24, 2.45) is 0 Å². The summed E-state index contributed by atoms with van der Waals surface area (Å²) in [5.74, 6) is -0.0440. The van der Waals surface area contributed by atoms with E-state index in [1.165, 1.54) is 4.90 Å². The lowest BCUT2D eigenvalue weighted by molar-refractivity contribution is -0.147. The van der Waals surface area contributed by atoms with E-state index in [1.807, 2.05) is 26.0 Å². The van der Waals surface area contributed by atoms with Gasteiger partial charge in [-0.1, -0.05) is 12.1 Å². The lowest BCUT2D eigenvalue weighted by Crippen LogP contribution is -2.52. The maximum Gasteiger partial charge on any atom is 0.305 e. The van der Waals surface area contributed by atoms with Crippen LogP contribution in [-0.2, 0) is 9.59 Å². The molecule has 1 aromatic rings. The van der Waals surface area contributed by atoms with Crippen molar-refractivity contribution < 1.29 is 24.2 Å². The van der Waals surface area contributed by atoms with Gasteiger partial charge in [-0.2, -0.15) is 0 Å². The minimum absolute atomic E-state index is 0.0948. The average Bonchev–Trinajstić information content (AvgIpc) is 2.45. The Labute approximate surface area is 129 Å². The highest BCUT2D eigenvalue weighted by Gasteiger charge is 2.37. The van der Waals surface area contributed by atoms with E-state index < -0.39 is 18.2 Å². The van der Waals surface area contributed by atoms with Crippen LogP contribution in [0.4, 0.5) is 0 Å². The molecule has 2 rings (SSSR count). The first-order valence-corrected chi connectivity index (χ1v) is 7.34. The maximum absolute atomic E-state index is 12.7. The molecule has 0 aromatic heterocycles. The van der Waals surface area contributed by atoms with Gasteiger partial charge < -0.3 is 19.5 Å². The Morgan fingerprint density at radius 1 is 1.23 bits per heavy atom. The molecular formula is C16H21NO5. The normalized spacial score (nSPS) is 19.8. The van der Waals surface area contributed by atoms with E-state index in [0.717, 1.165) is 0 Å². The number of para-hydroxylation sites is 2. The van der Waals surface area contributed by atoms with E-state index >= 15 is 0 Å². The molecule has 6 nitrogen and oxygen atoms in total. The third-order valence-electron chi connectivity index (χ3n) is 3.56. The Balaban J connectivity index is 2.15. The fourth-order valence-electron chi connectivity index (χ4n) is 2.39. The quantitative estimate of drug-likeness (QED) is 0.899. The number of carbonyl (C=O) groups excluding carboxylic acids is 1. The number of fused-ring (bicyclic) bond motifs is 1. The van der Waals surface area contributed by atoms with Crippen molar-refractivity contribution in [1.29, 1.82) is 0 Å². The van der Waals surface area contributed by atoms with Gasteiger partial charge in [0.15, 0.2) is 11.5 Å². The Morgan fingerprint density at radius 3 is 2.36 bits per heavy atom. The molecule has 1 N–H and O–H groups in total. The summed E-state index contributed by atoms with van der Waals surface area (Å²) in [6, 6.07) is 7.07. The van der Waals surface area contributed by atoms with Crippen molar-refractivity contribution in [3.8, 4) is 11.5 Å². The molecule has 6 heteroatoms. The molecule has 1 amide bonds. The number of carboxylic acid groups (broad SMARTS) is 1. The summed E-state index contributed by atoms with van der Waals surface area (Å²) in [7, 11) is 0. The van der Waals surface area contributed by atoms with E-state index in [9.17, 15) is 9.59 Å². The summed E-state index contributed by atoms with van der Waals surface area (Å²) in [5, 5.41) is 8.82. The number of carboxylic acids is 1. The molecule has 120 valence electrons. The van der Waals surface area contributed by atoms with Crippen molar-refractivity contribution in [1.82, 2.24) is 4.90 Å². The SMILES string of the molecule is CC1Oc2ccccc2OC1C(=O)N(CCC(=O)O)C(C)C. The molecule has 0 bridgehead atoms. The highest BCUT2D eigenvalue weighted by molar-refractivity contribution is 5.83. The summed E-state index contributed by atoms with van der Waals surface area (Å²) in [4.78, 5) is 25.0. The minimum Gasteiger partial charge on any atom is -0.482 e. The van der Waals surface area contributed by atoms with Crippen molar-refractivity contribution in [2.45, 2.75) is 45.4 Å². The molecule has 0 spiro atoms. The summed E-state index contributed by atoms with van der Waals surface area (Å²) >= 11 is 0. The summed E-state index contributed by atoms with van der Waals surface area (Å²) in [5.41, 5.74) is 0. The number of amides is 1. The minimum atomic E-state index is -0.933. The fourth-order valence-corrected chi connectivity index (χ4v) is 2.39. The Hall–Kier alpha value is -2.24. The first-order chi connectivity index (χ1) is 10.4. The second-order valence-electron chi connectivity index (χ2n) is 5.58. The molecule has 0 radical (unpaired) electrons. The summed E-state index contributed by atoms with van der Waals surface area (Å²) in [6.07, 6.45) is -1.30. The smallest absolute Gasteiger partial charge is 0.305 e. The molecule has 1 aliphatic rings. The molecule has 2 unspecified atom stereocenters. The van der Waals surface area contributed by atoms with E-state index in [2.05, 4.69) is 0 Å². The van der Waals surface area contributed by atoms with Gasteiger partial charge in [0.1, 0.15) is 6.10 Å². The molecular weight excluding hydrogens is 286 g/mol. The topological polar surface area (TPSA) is 76.1 Å². The van der Waals surface area contributed by atoms with Crippen LogP contribution in [-0.4, -0.2) is 46.7 Å².